The molecule has 0 bridgehead atoms. The monoisotopic (exact) mass is 406 g/mol. The Labute approximate surface area is 165 Å². The molecule has 0 atom stereocenters. The maximum absolute atomic E-state index is 6.30. The molecule has 0 N–H and O–H groups in total. The van der Waals surface area contributed by atoms with Crippen molar-refractivity contribution in [1.29, 1.82) is 0 Å². The van der Waals surface area contributed by atoms with Gasteiger partial charge in [-0.2, -0.15) is 0 Å². The molecule has 2 fully saturated rings. The van der Waals surface area contributed by atoms with Gasteiger partial charge >= 0.3 is 8.56 Å². The topological polar surface area (TPSA) is 64.6 Å². The second-order valence-electron chi connectivity index (χ2n) is 7.11. The van der Waals surface area contributed by atoms with Crippen LogP contribution in [-0.4, -0.2) is 87.8 Å². The van der Waals surface area contributed by atoms with Crippen molar-refractivity contribution in [3.8, 4) is 0 Å². The van der Waals surface area contributed by atoms with Crippen LogP contribution in [0.3, 0.4) is 0 Å². The lowest BCUT2D eigenvalue weighted by molar-refractivity contribution is -0.0195. The zero-order chi connectivity index (χ0) is 19.0. The lowest BCUT2D eigenvalue weighted by Gasteiger charge is -2.36. The van der Waals surface area contributed by atoms with Crippen LogP contribution < -0.4 is 0 Å². The van der Waals surface area contributed by atoms with E-state index in [9.17, 15) is 0 Å². The molecule has 1 heterocycles. The van der Waals surface area contributed by atoms with Crippen molar-refractivity contribution in [2.45, 2.75) is 44.2 Å². The van der Waals surface area contributed by atoms with Crippen LogP contribution in [0, 0.1) is 0 Å². The molecular weight excluding hydrogens is 368 g/mol. The largest absolute Gasteiger partial charge is 0.392 e. The highest BCUT2D eigenvalue weighted by Crippen LogP contribution is 2.38. The third-order valence-corrected chi connectivity index (χ3v) is 8.68. The first-order chi connectivity index (χ1) is 13.3. The van der Waals surface area contributed by atoms with Crippen molar-refractivity contribution < 1.29 is 32.5 Å². The number of ether oxygens (including phenoxy) is 5. The molecule has 1 saturated carbocycles. The maximum atomic E-state index is 6.30. The van der Waals surface area contributed by atoms with E-state index in [-0.39, 0.29) is 0 Å². The molecule has 2 rings (SSSR count). The molecule has 27 heavy (non-hydrogen) atoms. The number of rotatable bonds is 1. The molecule has 1 saturated heterocycles. The normalized spacial score (nSPS) is 27.0. The Balaban J connectivity index is 1.76. The fraction of sp³-hybridized carbons (Fsp3) is 1.00. The first-order valence-corrected chi connectivity index (χ1v) is 12.9. The summed E-state index contributed by atoms with van der Waals surface area (Å²) in [4.78, 5) is 0. The molecule has 1 aliphatic heterocycles. The summed E-state index contributed by atoms with van der Waals surface area (Å²) in [5, 5.41) is 0. The Morgan fingerprint density at radius 1 is 0.481 bits per heavy atom. The van der Waals surface area contributed by atoms with Crippen LogP contribution >= 0.6 is 0 Å². The van der Waals surface area contributed by atoms with Gasteiger partial charge in [-0.3, -0.25) is 0 Å². The van der Waals surface area contributed by atoms with E-state index in [0.717, 1.165) is 0 Å². The molecule has 0 spiro atoms. The Bertz CT molecular complexity index is 333. The van der Waals surface area contributed by atoms with Crippen molar-refractivity contribution in [2.75, 3.05) is 79.3 Å². The summed E-state index contributed by atoms with van der Waals surface area (Å²) in [5.41, 5.74) is 0.566. The van der Waals surface area contributed by atoms with Crippen molar-refractivity contribution in [3.05, 3.63) is 0 Å². The lowest BCUT2D eigenvalue weighted by atomic mass is 10.0. The fourth-order valence-corrected chi connectivity index (χ4v) is 6.48. The van der Waals surface area contributed by atoms with E-state index in [4.69, 9.17) is 32.5 Å². The average Bonchev–Trinajstić information content (AvgIpc) is 2.69. The Kier molecular flexibility index (Phi) is 12.8. The first-order valence-electron chi connectivity index (χ1n) is 10.5. The van der Waals surface area contributed by atoms with Gasteiger partial charge in [-0.1, -0.05) is 19.3 Å². The maximum Gasteiger partial charge on any atom is 0.338 e. The molecule has 160 valence electrons. The molecule has 0 unspecified atom stereocenters. The van der Waals surface area contributed by atoms with E-state index in [1.54, 1.807) is 0 Å². The van der Waals surface area contributed by atoms with Crippen LogP contribution in [0.4, 0.5) is 0 Å². The van der Waals surface area contributed by atoms with Gasteiger partial charge in [-0.25, -0.2) is 0 Å². The van der Waals surface area contributed by atoms with Gasteiger partial charge in [0.2, 0.25) is 0 Å². The van der Waals surface area contributed by atoms with Crippen molar-refractivity contribution in [1.82, 2.24) is 0 Å². The molecule has 8 heteroatoms. The SMILES string of the molecule is C[Si]1(C2CCCCC2)OCCOCCOCCOCCOCCOCCO1. The summed E-state index contributed by atoms with van der Waals surface area (Å²) in [6.07, 6.45) is 6.33. The van der Waals surface area contributed by atoms with E-state index in [0.29, 0.717) is 84.8 Å². The van der Waals surface area contributed by atoms with Gasteiger partial charge < -0.3 is 32.5 Å². The zero-order valence-electron chi connectivity index (χ0n) is 17.0. The van der Waals surface area contributed by atoms with Crippen LogP contribution in [0.5, 0.6) is 0 Å². The van der Waals surface area contributed by atoms with Gasteiger partial charge in [0.1, 0.15) is 0 Å². The molecule has 0 aromatic heterocycles. The predicted molar refractivity (Wildman–Crippen MR) is 104 cm³/mol. The van der Waals surface area contributed by atoms with Gasteiger partial charge in [-0.15, -0.1) is 0 Å². The molecule has 7 nitrogen and oxygen atoms in total. The Morgan fingerprint density at radius 3 is 1.19 bits per heavy atom. The molecular formula is C19H38O7Si. The summed E-state index contributed by atoms with van der Waals surface area (Å²) >= 11 is 0. The van der Waals surface area contributed by atoms with E-state index in [2.05, 4.69) is 6.55 Å². The molecule has 1 aliphatic carbocycles. The quantitative estimate of drug-likeness (QED) is 0.620. The molecule has 0 aromatic rings. The standard InChI is InChI=1S/C19H38O7Si/c1-27(19-5-3-2-4-6-19)25-17-15-23-13-11-21-9-7-20-8-10-22-12-14-24-16-18-26-27/h19H,2-18H2,1H3. The van der Waals surface area contributed by atoms with Crippen LogP contribution in [0.25, 0.3) is 0 Å². The van der Waals surface area contributed by atoms with Crippen LogP contribution in [0.15, 0.2) is 0 Å². The van der Waals surface area contributed by atoms with E-state index in [1.165, 1.54) is 32.1 Å². The van der Waals surface area contributed by atoms with Crippen LogP contribution in [0.2, 0.25) is 12.1 Å². The summed E-state index contributed by atoms with van der Waals surface area (Å²) < 4.78 is 40.3. The molecule has 0 amide bonds. The van der Waals surface area contributed by atoms with Gasteiger partial charge in [0, 0.05) is 5.54 Å². The minimum absolute atomic E-state index is 0.566. The summed E-state index contributed by atoms with van der Waals surface area (Å²) in [6, 6.07) is 0. The minimum Gasteiger partial charge on any atom is -0.392 e. The molecule has 0 radical (unpaired) electrons. The predicted octanol–water partition coefficient (Wildman–Crippen LogP) is 2.52. The molecule has 2 aliphatic rings. The van der Waals surface area contributed by atoms with Crippen LogP contribution in [-0.2, 0) is 32.5 Å². The number of hydrogen-bond donors (Lipinski definition) is 0. The van der Waals surface area contributed by atoms with Crippen molar-refractivity contribution >= 4 is 8.56 Å². The Hall–Kier alpha value is -0.0631. The second kappa shape index (κ2) is 14.9. The van der Waals surface area contributed by atoms with Crippen LogP contribution in [0.1, 0.15) is 32.1 Å². The third-order valence-electron chi connectivity index (χ3n) is 5.07. The average molecular weight is 407 g/mol. The highest BCUT2D eigenvalue weighted by Gasteiger charge is 2.41. The van der Waals surface area contributed by atoms with E-state index < -0.39 is 8.56 Å². The Morgan fingerprint density at radius 2 is 0.815 bits per heavy atom. The third kappa shape index (κ3) is 10.3. The summed E-state index contributed by atoms with van der Waals surface area (Å²) in [7, 11) is -2.24. The highest BCUT2D eigenvalue weighted by molar-refractivity contribution is 6.67. The van der Waals surface area contributed by atoms with Crippen molar-refractivity contribution in [2.24, 2.45) is 0 Å². The summed E-state index contributed by atoms with van der Waals surface area (Å²) in [6.45, 7) is 9.11. The summed E-state index contributed by atoms with van der Waals surface area (Å²) in [5.74, 6) is 0. The van der Waals surface area contributed by atoms with E-state index in [1.807, 2.05) is 0 Å². The highest BCUT2D eigenvalue weighted by atomic mass is 28.4. The zero-order valence-corrected chi connectivity index (χ0v) is 18.0. The minimum atomic E-state index is -2.24. The fourth-order valence-electron chi connectivity index (χ4n) is 3.49. The second-order valence-corrected chi connectivity index (χ2v) is 10.5. The lowest BCUT2D eigenvalue weighted by Crippen LogP contribution is -2.46. The van der Waals surface area contributed by atoms with Gasteiger partial charge in [0.05, 0.1) is 79.3 Å². The van der Waals surface area contributed by atoms with Gasteiger partial charge in [0.15, 0.2) is 0 Å². The van der Waals surface area contributed by atoms with Crippen molar-refractivity contribution in [3.63, 3.8) is 0 Å². The smallest absolute Gasteiger partial charge is 0.338 e. The van der Waals surface area contributed by atoms with Gasteiger partial charge in [0.25, 0.3) is 0 Å². The first kappa shape index (κ1) is 23.2. The van der Waals surface area contributed by atoms with E-state index >= 15 is 0 Å². The number of hydrogen-bond acceptors (Lipinski definition) is 7. The van der Waals surface area contributed by atoms with Gasteiger partial charge in [-0.05, 0) is 19.4 Å². The molecule has 0 aromatic carbocycles.